The maximum absolute atomic E-state index is 13.0. The van der Waals surface area contributed by atoms with Crippen molar-refractivity contribution >= 4 is 63.2 Å². The van der Waals surface area contributed by atoms with Crippen molar-refractivity contribution in [3.05, 3.63) is 56.0 Å². The predicted octanol–water partition coefficient (Wildman–Crippen LogP) is 5.11. The summed E-state index contributed by atoms with van der Waals surface area (Å²) in [5.41, 5.74) is 1.80. The van der Waals surface area contributed by atoms with Crippen molar-refractivity contribution < 1.29 is 23.8 Å². The molecule has 3 rings (SSSR count). The van der Waals surface area contributed by atoms with Gasteiger partial charge in [-0.25, -0.2) is 9.79 Å². The second-order valence-electron chi connectivity index (χ2n) is 6.56. The molecular formula is C23H23IN2O5S. The molecule has 0 radical (unpaired) electrons. The van der Waals surface area contributed by atoms with Crippen molar-refractivity contribution in [1.29, 1.82) is 0 Å². The van der Waals surface area contributed by atoms with Gasteiger partial charge in [0.15, 0.2) is 16.7 Å². The summed E-state index contributed by atoms with van der Waals surface area (Å²) in [5.74, 6) is 0.741. The molecule has 1 amide bonds. The van der Waals surface area contributed by atoms with Crippen LogP contribution in [-0.4, -0.2) is 49.3 Å². The van der Waals surface area contributed by atoms with Gasteiger partial charge in [-0.15, -0.1) is 0 Å². The molecule has 168 valence electrons. The number of carbonyl (C=O) groups is 2. The van der Waals surface area contributed by atoms with Crippen LogP contribution in [0.15, 0.2) is 46.3 Å². The third-order valence-corrected chi connectivity index (χ3v) is 6.34. The number of ether oxygens (including phenoxy) is 3. The van der Waals surface area contributed by atoms with Crippen LogP contribution in [0.1, 0.15) is 29.8 Å². The number of esters is 1. The van der Waals surface area contributed by atoms with Crippen molar-refractivity contribution in [3.8, 4) is 11.5 Å². The number of amides is 1. The summed E-state index contributed by atoms with van der Waals surface area (Å²) in [7, 11) is 2.92. The average Bonchev–Trinajstić information content (AvgIpc) is 3.08. The van der Waals surface area contributed by atoms with Crippen LogP contribution in [0.25, 0.3) is 6.08 Å². The molecule has 1 aliphatic rings. The first kappa shape index (κ1) is 24.1. The van der Waals surface area contributed by atoms with Gasteiger partial charge in [-0.05, 0) is 90.2 Å². The van der Waals surface area contributed by atoms with Crippen LogP contribution in [0.3, 0.4) is 0 Å². The van der Waals surface area contributed by atoms with Gasteiger partial charge in [0, 0.05) is 6.54 Å². The van der Waals surface area contributed by atoms with E-state index in [1.165, 1.54) is 18.9 Å². The number of carbonyl (C=O) groups excluding carboxylic acids is 2. The molecule has 32 heavy (non-hydrogen) atoms. The summed E-state index contributed by atoms with van der Waals surface area (Å²) in [6.45, 7) is 4.82. The average molecular weight is 566 g/mol. The van der Waals surface area contributed by atoms with E-state index in [1.807, 2.05) is 32.1 Å². The van der Waals surface area contributed by atoms with Gasteiger partial charge in [0.25, 0.3) is 5.91 Å². The summed E-state index contributed by atoms with van der Waals surface area (Å²) in [6, 6.07) is 10.6. The normalized spacial score (nSPS) is 16.0. The molecule has 0 spiro atoms. The van der Waals surface area contributed by atoms with E-state index in [9.17, 15) is 9.59 Å². The van der Waals surface area contributed by atoms with Crippen molar-refractivity contribution in [2.75, 3.05) is 27.4 Å². The van der Waals surface area contributed by atoms with Crippen LogP contribution in [0.2, 0.25) is 0 Å². The molecule has 0 aliphatic carbocycles. The van der Waals surface area contributed by atoms with E-state index in [0.717, 1.165) is 9.13 Å². The maximum Gasteiger partial charge on any atom is 0.337 e. The Morgan fingerprint density at radius 2 is 2.00 bits per heavy atom. The zero-order valence-electron chi connectivity index (χ0n) is 18.2. The second-order valence-corrected chi connectivity index (χ2v) is 8.73. The topological polar surface area (TPSA) is 77.4 Å². The van der Waals surface area contributed by atoms with Crippen LogP contribution < -0.4 is 9.47 Å². The third-order valence-electron chi connectivity index (χ3n) is 4.53. The third kappa shape index (κ3) is 5.26. The number of nitrogens with zero attached hydrogens (tertiary/aromatic N) is 2. The van der Waals surface area contributed by atoms with Gasteiger partial charge in [0.1, 0.15) is 0 Å². The standard InChI is InChI=1S/C23H23IN2O5S/c1-5-26-21(27)19(12-14-10-17(24)20(31-6-2)18(11-14)29-3)32-23(26)25-16-9-7-8-15(13-16)22(28)30-4/h7-13H,5-6H2,1-4H3. The molecule has 2 aromatic carbocycles. The minimum atomic E-state index is -0.436. The van der Waals surface area contributed by atoms with Gasteiger partial charge in [0.2, 0.25) is 0 Å². The monoisotopic (exact) mass is 566 g/mol. The number of rotatable bonds is 7. The van der Waals surface area contributed by atoms with E-state index in [2.05, 4.69) is 27.6 Å². The van der Waals surface area contributed by atoms with Crippen LogP contribution in [0, 0.1) is 3.57 Å². The van der Waals surface area contributed by atoms with Gasteiger partial charge >= 0.3 is 5.97 Å². The molecule has 0 N–H and O–H groups in total. The van der Waals surface area contributed by atoms with Gasteiger partial charge < -0.3 is 14.2 Å². The first-order valence-corrected chi connectivity index (χ1v) is 11.8. The Morgan fingerprint density at radius 1 is 1.22 bits per heavy atom. The van der Waals surface area contributed by atoms with Crippen LogP contribution in [0.4, 0.5) is 5.69 Å². The molecule has 2 aromatic rings. The summed E-state index contributed by atoms with van der Waals surface area (Å²) in [6.07, 6.45) is 1.82. The highest BCUT2D eigenvalue weighted by Gasteiger charge is 2.32. The van der Waals surface area contributed by atoms with Crippen molar-refractivity contribution in [1.82, 2.24) is 4.90 Å². The van der Waals surface area contributed by atoms with E-state index >= 15 is 0 Å². The van der Waals surface area contributed by atoms with E-state index in [1.54, 1.807) is 36.3 Å². The minimum Gasteiger partial charge on any atom is -0.493 e. The van der Waals surface area contributed by atoms with Crippen molar-refractivity contribution in [2.45, 2.75) is 13.8 Å². The summed E-state index contributed by atoms with van der Waals surface area (Å²) >= 11 is 3.49. The Kier molecular flexibility index (Phi) is 8.19. The minimum absolute atomic E-state index is 0.122. The highest BCUT2D eigenvalue weighted by molar-refractivity contribution is 14.1. The molecule has 0 unspecified atom stereocenters. The number of hydrogen-bond acceptors (Lipinski definition) is 7. The number of methoxy groups -OCH3 is 2. The Hall–Kier alpha value is -2.53. The van der Waals surface area contributed by atoms with Gasteiger partial charge in [-0.1, -0.05) is 6.07 Å². The number of hydrogen-bond donors (Lipinski definition) is 0. The van der Waals surface area contributed by atoms with Gasteiger partial charge in [0.05, 0.1) is 40.6 Å². The van der Waals surface area contributed by atoms with E-state index in [4.69, 9.17) is 14.2 Å². The molecule has 0 aromatic heterocycles. The molecule has 0 saturated carbocycles. The number of halogens is 1. The lowest BCUT2D eigenvalue weighted by Gasteiger charge is -2.12. The first-order valence-electron chi connectivity index (χ1n) is 9.90. The summed E-state index contributed by atoms with van der Waals surface area (Å²) < 4.78 is 16.8. The molecular weight excluding hydrogens is 543 g/mol. The fourth-order valence-corrected chi connectivity index (χ4v) is 4.90. The maximum atomic E-state index is 13.0. The molecule has 9 heteroatoms. The zero-order chi connectivity index (χ0) is 23.3. The molecule has 7 nitrogen and oxygen atoms in total. The molecule has 0 atom stereocenters. The molecule has 0 bridgehead atoms. The Bertz CT molecular complexity index is 1100. The van der Waals surface area contributed by atoms with Crippen LogP contribution in [0.5, 0.6) is 11.5 Å². The number of benzene rings is 2. The first-order chi connectivity index (χ1) is 15.4. The van der Waals surface area contributed by atoms with Crippen LogP contribution >= 0.6 is 34.4 Å². The number of aliphatic imine (C=N–C) groups is 1. The fraction of sp³-hybridized carbons (Fsp3) is 0.261. The smallest absolute Gasteiger partial charge is 0.337 e. The van der Waals surface area contributed by atoms with Crippen molar-refractivity contribution in [2.24, 2.45) is 4.99 Å². The van der Waals surface area contributed by atoms with E-state index in [0.29, 0.717) is 46.0 Å². The highest BCUT2D eigenvalue weighted by Crippen LogP contribution is 2.38. The lowest BCUT2D eigenvalue weighted by atomic mass is 10.2. The Morgan fingerprint density at radius 3 is 2.66 bits per heavy atom. The summed E-state index contributed by atoms with van der Waals surface area (Å²) in [4.78, 5) is 31.6. The van der Waals surface area contributed by atoms with Gasteiger partial charge in [-0.2, -0.15) is 0 Å². The number of likely N-dealkylation sites (N-methyl/N-ethyl adjacent to an activating group) is 1. The summed E-state index contributed by atoms with van der Waals surface area (Å²) in [5, 5.41) is 0.554. The van der Waals surface area contributed by atoms with Crippen LogP contribution in [-0.2, 0) is 9.53 Å². The molecule has 1 saturated heterocycles. The van der Waals surface area contributed by atoms with E-state index in [-0.39, 0.29) is 5.91 Å². The molecule has 1 aliphatic heterocycles. The highest BCUT2D eigenvalue weighted by atomic mass is 127. The lowest BCUT2D eigenvalue weighted by molar-refractivity contribution is -0.122. The predicted molar refractivity (Wildman–Crippen MR) is 135 cm³/mol. The quantitative estimate of drug-likeness (QED) is 0.264. The van der Waals surface area contributed by atoms with Crippen molar-refractivity contribution in [3.63, 3.8) is 0 Å². The largest absolute Gasteiger partial charge is 0.493 e. The SMILES string of the molecule is CCOc1c(I)cc(C=C2SC(=Nc3cccc(C(=O)OC)c3)N(CC)C2=O)cc1OC. The lowest BCUT2D eigenvalue weighted by Crippen LogP contribution is -2.28. The molecule has 1 fully saturated rings. The van der Waals surface area contributed by atoms with Gasteiger partial charge in [-0.3, -0.25) is 9.69 Å². The number of thioether (sulfide) groups is 1. The number of amidine groups is 1. The Labute approximate surface area is 205 Å². The zero-order valence-corrected chi connectivity index (χ0v) is 21.2. The fourth-order valence-electron chi connectivity index (χ4n) is 3.06. The Balaban J connectivity index is 1.95. The van der Waals surface area contributed by atoms with E-state index < -0.39 is 5.97 Å². The molecule has 1 heterocycles. The second kappa shape index (κ2) is 10.9.